The number of carbonyl (C=O) groups is 2. The third-order valence-corrected chi connectivity index (χ3v) is 6.80. The highest BCUT2D eigenvalue weighted by atomic mass is 35.5. The van der Waals surface area contributed by atoms with Crippen molar-refractivity contribution in [3.05, 3.63) is 91.5 Å². The van der Waals surface area contributed by atoms with Crippen LogP contribution < -0.4 is 19.4 Å². The lowest BCUT2D eigenvalue weighted by atomic mass is 9.89. The van der Waals surface area contributed by atoms with Crippen molar-refractivity contribution in [3.8, 4) is 11.5 Å². The van der Waals surface area contributed by atoms with E-state index in [9.17, 15) is 29.8 Å². The first kappa shape index (κ1) is 25.9. The van der Waals surface area contributed by atoms with E-state index in [1.807, 2.05) is 0 Å². The number of amides is 2. The normalized spacial score (nSPS) is 20.2. The molecule has 2 aliphatic rings. The number of hydroxylamine groups is 1. The summed E-state index contributed by atoms with van der Waals surface area (Å²) in [7, 11) is 2.65. The number of ether oxygens (including phenoxy) is 2. The minimum atomic E-state index is -1.37. The number of anilines is 2. The monoisotopic (exact) mass is 554 g/mol. The van der Waals surface area contributed by atoms with Gasteiger partial charge >= 0.3 is 0 Å². The van der Waals surface area contributed by atoms with Crippen LogP contribution in [0.3, 0.4) is 0 Å². The Morgan fingerprint density at radius 1 is 0.872 bits per heavy atom. The predicted octanol–water partition coefficient (Wildman–Crippen LogP) is 4.22. The molecule has 2 heterocycles. The first-order valence-corrected chi connectivity index (χ1v) is 11.8. The molecule has 0 aromatic heterocycles. The maximum absolute atomic E-state index is 13.8. The van der Waals surface area contributed by atoms with Crippen LogP contribution in [0.4, 0.5) is 22.7 Å². The number of methoxy groups -OCH3 is 2. The molecule has 5 rings (SSSR count). The van der Waals surface area contributed by atoms with Crippen molar-refractivity contribution < 1.29 is 33.7 Å². The van der Waals surface area contributed by atoms with Gasteiger partial charge in [0.1, 0.15) is 12.0 Å². The molecule has 2 amide bonds. The van der Waals surface area contributed by atoms with E-state index in [2.05, 4.69) is 0 Å². The molecule has 0 bridgehead atoms. The number of carbonyl (C=O) groups excluding carboxylic acids is 2. The maximum atomic E-state index is 13.8. The van der Waals surface area contributed by atoms with E-state index in [0.29, 0.717) is 5.02 Å². The Labute approximate surface area is 225 Å². The Hall–Kier alpha value is -4.75. The van der Waals surface area contributed by atoms with Crippen LogP contribution in [0, 0.1) is 26.1 Å². The SMILES string of the molecule is COc1cc([C@H]2[C@H]3C(=O)N(c4ccc(Cl)cc4)C(=O)[C@H]3ON2c2cccc([N+](=O)[O-])c2)c([N+](=O)[O-])cc1OC. The summed E-state index contributed by atoms with van der Waals surface area (Å²) in [6.45, 7) is 0. The van der Waals surface area contributed by atoms with Gasteiger partial charge in [0.2, 0.25) is 5.91 Å². The second kappa shape index (κ2) is 9.85. The van der Waals surface area contributed by atoms with Crippen molar-refractivity contribution in [2.45, 2.75) is 12.1 Å². The fraction of sp³-hybridized carbons (Fsp3) is 0.200. The smallest absolute Gasteiger partial charge is 0.278 e. The van der Waals surface area contributed by atoms with Crippen LogP contribution >= 0.6 is 11.6 Å². The number of halogens is 1. The number of rotatable bonds is 7. The zero-order valence-electron chi connectivity index (χ0n) is 20.3. The van der Waals surface area contributed by atoms with E-state index >= 15 is 0 Å². The van der Waals surface area contributed by atoms with E-state index in [-0.39, 0.29) is 34.1 Å². The Kier molecular flexibility index (Phi) is 6.54. The summed E-state index contributed by atoms with van der Waals surface area (Å²) in [5.74, 6) is -2.42. The van der Waals surface area contributed by atoms with Crippen LogP contribution in [0.1, 0.15) is 11.6 Å². The van der Waals surface area contributed by atoms with Gasteiger partial charge in [-0.15, -0.1) is 0 Å². The zero-order valence-corrected chi connectivity index (χ0v) is 21.1. The van der Waals surface area contributed by atoms with Crippen LogP contribution in [-0.2, 0) is 14.4 Å². The molecule has 0 spiro atoms. The number of benzene rings is 3. The second-order valence-corrected chi connectivity index (χ2v) is 9.05. The highest BCUT2D eigenvalue weighted by Crippen LogP contribution is 2.51. The number of hydrogen-bond acceptors (Lipinski definition) is 10. The molecule has 0 saturated carbocycles. The molecule has 0 aliphatic carbocycles. The number of imide groups is 1. The fourth-order valence-corrected chi connectivity index (χ4v) is 4.95. The van der Waals surface area contributed by atoms with Crippen LogP contribution in [0.25, 0.3) is 0 Å². The first-order chi connectivity index (χ1) is 18.7. The van der Waals surface area contributed by atoms with Crippen LogP contribution in [0.15, 0.2) is 60.7 Å². The van der Waals surface area contributed by atoms with E-state index in [0.717, 1.165) is 16.0 Å². The van der Waals surface area contributed by atoms with Crippen LogP contribution in [0.2, 0.25) is 5.02 Å². The predicted molar refractivity (Wildman–Crippen MR) is 137 cm³/mol. The van der Waals surface area contributed by atoms with Crippen molar-refractivity contribution in [2.24, 2.45) is 5.92 Å². The Morgan fingerprint density at radius 3 is 2.15 bits per heavy atom. The second-order valence-electron chi connectivity index (χ2n) is 8.61. The van der Waals surface area contributed by atoms with Gasteiger partial charge in [-0.25, -0.2) is 9.96 Å². The molecule has 3 aromatic carbocycles. The van der Waals surface area contributed by atoms with Gasteiger partial charge in [0, 0.05) is 17.2 Å². The van der Waals surface area contributed by atoms with Crippen molar-refractivity contribution in [1.29, 1.82) is 0 Å². The minimum Gasteiger partial charge on any atom is -0.493 e. The van der Waals surface area contributed by atoms with Crippen molar-refractivity contribution in [2.75, 3.05) is 24.2 Å². The summed E-state index contributed by atoms with van der Waals surface area (Å²) < 4.78 is 10.6. The molecule has 14 heteroatoms. The van der Waals surface area contributed by atoms with Crippen molar-refractivity contribution in [1.82, 2.24) is 0 Å². The van der Waals surface area contributed by atoms with Gasteiger partial charge in [0.05, 0.1) is 47.1 Å². The van der Waals surface area contributed by atoms with Gasteiger partial charge < -0.3 is 9.47 Å². The molecule has 0 unspecified atom stereocenters. The number of nitrogens with zero attached hydrogens (tertiary/aromatic N) is 4. The molecule has 13 nitrogen and oxygen atoms in total. The molecule has 2 fully saturated rings. The van der Waals surface area contributed by atoms with Gasteiger partial charge in [-0.3, -0.25) is 34.7 Å². The van der Waals surface area contributed by atoms with Gasteiger partial charge in [-0.1, -0.05) is 17.7 Å². The minimum absolute atomic E-state index is 0.0178. The topological polar surface area (TPSA) is 155 Å². The van der Waals surface area contributed by atoms with Crippen molar-refractivity contribution >= 4 is 46.2 Å². The number of non-ortho nitro benzene ring substituents is 1. The largest absolute Gasteiger partial charge is 0.493 e. The van der Waals surface area contributed by atoms with E-state index in [1.165, 1.54) is 68.8 Å². The highest BCUT2D eigenvalue weighted by molar-refractivity contribution is 6.31. The first-order valence-electron chi connectivity index (χ1n) is 11.4. The maximum Gasteiger partial charge on any atom is 0.278 e. The van der Waals surface area contributed by atoms with Gasteiger partial charge in [0.15, 0.2) is 17.6 Å². The molecule has 3 atom stereocenters. The number of nitro benzene ring substituents is 2. The molecule has 2 aliphatic heterocycles. The van der Waals surface area contributed by atoms with Gasteiger partial charge in [0.25, 0.3) is 17.3 Å². The quantitative estimate of drug-likeness (QED) is 0.235. The Balaban J connectivity index is 1.70. The molecule has 3 aromatic rings. The Morgan fingerprint density at radius 2 is 1.54 bits per heavy atom. The van der Waals surface area contributed by atoms with E-state index < -0.39 is 45.4 Å². The summed E-state index contributed by atoms with van der Waals surface area (Å²) in [5, 5.41) is 25.1. The summed E-state index contributed by atoms with van der Waals surface area (Å²) in [6.07, 6.45) is -1.37. The molecule has 0 radical (unpaired) electrons. The average Bonchev–Trinajstić information content (AvgIpc) is 3.44. The summed E-state index contributed by atoms with van der Waals surface area (Å²) in [4.78, 5) is 56.6. The molecule has 2 saturated heterocycles. The van der Waals surface area contributed by atoms with E-state index in [1.54, 1.807) is 0 Å². The lowest BCUT2D eigenvalue weighted by molar-refractivity contribution is -0.385. The standard InChI is InChI=1S/C25H19ClN4O9/c1-37-19-11-17(18(30(35)36)12-20(19)38-2)22-21-23(39-28(22)15-4-3-5-16(10-15)29(33)34)25(32)27(24(21)31)14-8-6-13(26)7-9-14/h3-12,21-23H,1-2H3/t21-,22+,23+/m1/s1. The lowest BCUT2D eigenvalue weighted by Gasteiger charge is -2.28. The third-order valence-electron chi connectivity index (χ3n) is 6.54. The average molecular weight is 555 g/mol. The fourth-order valence-electron chi connectivity index (χ4n) is 4.82. The van der Waals surface area contributed by atoms with Crippen LogP contribution in [0.5, 0.6) is 11.5 Å². The Bertz CT molecular complexity index is 1510. The zero-order chi connectivity index (χ0) is 28.0. The molecular weight excluding hydrogens is 536 g/mol. The summed E-state index contributed by atoms with van der Waals surface area (Å²) in [5.41, 5.74) is -0.367. The molecular formula is C25H19ClN4O9. The summed E-state index contributed by atoms with van der Waals surface area (Å²) >= 11 is 5.96. The lowest BCUT2D eigenvalue weighted by Crippen LogP contribution is -2.37. The number of fused-ring (bicyclic) bond motifs is 1. The van der Waals surface area contributed by atoms with Crippen molar-refractivity contribution in [3.63, 3.8) is 0 Å². The number of nitro groups is 2. The summed E-state index contributed by atoms with van der Waals surface area (Å²) in [6, 6.07) is 12.6. The highest BCUT2D eigenvalue weighted by Gasteiger charge is 2.61. The third kappa shape index (κ3) is 4.27. The molecule has 39 heavy (non-hydrogen) atoms. The van der Waals surface area contributed by atoms with Gasteiger partial charge in [-0.05, 0) is 36.4 Å². The molecule has 200 valence electrons. The van der Waals surface area contributed by atoms with Crippen LogP contribution in [-0.4, -0.2) is 42.0 Å². The van der Waals surface area contributed by atoms with Gasteiger partial charge in [-0.2, -0.15) is 0 Å². The van der Waals surface area contributed by atoms with E-state index in [4.69, 9.17) is 25.9 Å². The number of hydrogen-bond donors (Lipinski definition) is 0. The molecule has 0 N–H and O–H groups in total.